The molecule has 0 bridgehead atoms. The third-order valence-corrected chi connectivity index (χ3v) is 3.26. The molecule has 0 unspecified atom stereocenters. The molecule has 102 valence electrons. The molecule has 1 rings (SSSR count). The SMILES string of the molecule is CCOc1cc(NCCCCSC)ccc1OC. The van der Waals surface area contributed by atoms with E-state index < -0.39 is 0 Å². The Kier molecular flexibility index (Phi) is 7.49. The summed E-state index contributed by atoms with van der Waals surface area (Å²) in [7, 11) is 1.66. The molecule has 0 aromatic heterocycles. The van der Waals surface area contributed by atoms with E-state index in [9.17, 15) is 0 Å². The molecule has 1 aromatic rings. The van der Waals surface area contributed by atoms with E-state index in [1.54, 1.807) is 7.11 Å². The number of ether oxygens (including phenoxy) is 2. The molecule has 1 aromatic carbocycles. The van der Waals surface area contributed by atoms with Crippen LogP contribution >= 0.6 is 11.8 Å². The average molecular weight is 269 g/mol. The fourth-order valence-electron chi connectivity index (χ4n) is 1.66. The van der Waals surface area contributed by atoms with Gasteiger partial charge < -0.3 is 14.8 Å². The second-order valence-corrected chi connectivity index (χ2v) is 4.91. The van der Waals surface area contributed by atoms with E-state index >= 15 is 0 Å². The van der Waals surface area contributed by atoms with Gasteiger partial charge in [-0.25, -0.2) is 0 Å². The Morgan fingerprint density at radius 2 is 2.06 bits per heavy atom. The van der Waals surface area contributed by atoms with Crippen molar-refractivity contribution in [1.82, 2.24) is 0 Å². The van der Waals surface area contributed by atoms with E-state index in [2.05, 4.69) is 11.6 Å². The molecule has 0 fully saturated rings. The van der Waals surface area contributed by atoms with Crippen LogP contribution in [0.25, 0.3) is 0 Å². The maximum Gasteiger partial charge on any atom is 0.163 e. The number of thioether (sulfide) groups is 1. The Bertz CT molecular complexity index is 345. The molecule has 0 saturated carbocycles. The minimum Gasteiger partial charge on any atom is -0.493 e. The van der Waals surface area contributed by atoms with Crippen molar-refractivity contribution in [3.8, 4) is 11.5 Å². The third-order valence-electron chi connectivity index (χ3n) is 2.57. The number of hydrogen-bond acceptors (Lipinski definition) is 4. The van der Waals surface area contributed by atoms with Crippen LogP contribution in [0.5, 0.6) is 11.5 Å². The molecule has 0 aliphatic carbocycles. The minimum atomic E-state index is 0.646. The summed E-state index contributed by atoms with van der Waals surface area (Å²) in [6.07, 6.45) is 4.59. The van der Waals surface area contributed by atoms with Gasteiger partial charge in [-0.3, -0.25) is 0 Å². The molecule has 1 N–H and O–H groups in total. The van der Waals surface area contributed by atoms with E-state index in [0.717, 1.165) is 23.7 Å². The van der Waals surface area contributed by atoms with Crippen molar-refractivity contribution in [2.45, 2.75) is 19.8 Å². The molecule has 0 aliphatic heterocycles. The Morgan fingerprint density at radius 3 is 2.72 bits per heavy atom. The minimum absolute atomic E-state index is 0.646. The maximum absolute atomic E-state index is 5.55. The number of anilines is 1. The number of nitrogens with one attached hydrogen (secondary N) is 1. The molecular weight excluding hydrogens is 246 g/mol. The number of benzene rings is 1. The smallest absolute Gasteiger partial charge is 0.163 e. The van der Waals surface area contributed by atoms with Gasteiger partial charge in [-0.05, 0) is 43.9 Å². The molecule has 4 heteroatoms. The predicted octanol–water partition coefficient (Wildman–Crippen LogP) is 3.65. The quantitative estimate of drug-likeness (QED) is 0.693. The predicted molar refractivity (Wildman–Crippen MR) is 80.3 cm³/mol. The molecule has 0 amide bonds. The Balaban J connectivity index is 2.48. The molecule has 0 atom stereocenters. The molecule has 18 heavy (non-hydrogen) atoms. The lowest BCUT2D eigenvalue weighted by atomic mass is 10.2. The van der Waals surface area contributed by atoms with E-state index in [1.807, 2.05) is 36.9 Å². The zero-order valence-electron chi connectivity index (χ0n) is 11.5. The van der Waals surface area contributed by atoms with Crippen LogP contribution in [0.2, 0.25) is 0 Å². The number of unbranched alkanes of at least 4 members (excludes halogenated alkanes) is 1. The fraction of sp³-hybridized carbons (Fsp3) is 0.571. The van der Waals surface area contributed by atoms with Gasteiger partial charge in [0.05, 0.1) is 13.7 Å². The molecule has 0 aliphatic rings. The molecular formula is C14H23NO2S. The standard InChI is InChI=1S/C14H23NO2S/c1-4-17-14-11-12(7-8-13(14)16-2)15-9-5-6-10-18-3/h7-8,11,15H,4-6,9-10H2,1-3H3. The van der Waals surface area contributed by atoms with E-state index in [-0.39, 0.29) is 0 Å². The van der Waals surface area contributed by atoms with Crippen LogP contribution in [0.15, 0.2) is 18.2 Å². The summed E-state index contributed by atoms with van der Waals surface area (Å²) in [6.45, 7) is 3.62. The van der Waals surface area contributed by atoms with Crippen molar-refractivity contribution < 1.29 is 9.47 Å². The second-order valence-electron chi connectivity index (χ2n) is 3.93. The van der Waals surface area contributed by atoms with Crippen molar-refractivity contribution in [1.29, 1.82) is 0 Å². The van der Waals surface area contributed by atoms with E-state index in [1.165, 1.54) is 18.6 Å². The van der Waals surface area contributed by atoms with Gasteiger partial charge in [-0.15, -0.1) is 0 Å². The van der Waals surface area contributed by atoms with Gasteiger partial charge in [0.2, 0.25) is 0 Å². The van der Waals surface area contributed by atoms with Gasteiger partial charge in [0.15, 0.2) is 11.5 Å². The highest BCUT2D eigenvalue weighted by Gasteiger charge is 2.04. The van der Waals surface area contributed by atoms with Crippen molar-refractivity contribution in [3.05, 3.63) is 18.2 Å². The molecule has 0 spiro atoms. The number of methoxy groups -OCH3 is 1. The average Bonchev–Trinajstić information content (AvgIpc) is 2.39. The van der Waals surface area contributed by atoms with E-state index in [4.69, 9.17) is 9.47 Å². The normalized spacial score (nSPS) is 10.2. The van der Waals surface area contributed by atoms with Crippen LogP contribution in [0, 0.1) is 0 Å². The number of hydrogen-bond donors (Lipinski definition) is 1. The summed E-state index contributed by atoms with van der Waals surface area (Å²) in [4.78, 5) is 0. The zero-order valence-corrected chi connectivity index (χ0v) is 12.3. The summed E-state index contributed by atoms with van der Waals surface area (Å²) >= 11 is 1.90. The van der Waals surface area contributed by atoms with Gasteiger partial charge in [0, 0.05) is 18.3 Å². The van der Waals surface area contributed by atoms with Crippen molar-refractivity contribution in [3.63, 3.8) is 0 Å². The van der Waals surface area contributed by atoms with Crippen LogP contribution in [-0.2, 0) is 0 Å². The summed E-state index contributed by atoms with van der Waals surface area (Å²) < 4.78 is 10.8. The van der Waals surface area contributed by atoms with Crippen LogP contribution < -0.4 is 14.8 Å². The molecule has 0 radical (unpaired) electrons. The zero-order chi connectivity index (χ0) is 13.2. The first-order valence-electron chi connectivity index (χ1n) is 6.35. The Morgan fingerprint density at radius 1 is 1.22 bits per heavy atom. The molecule has 3 nitrogen and oxygen atoms in total. The first-order valence-corrected chi connectivity index (χ1v) is 7.74. The van der Waals surface area contributed by atoms with Gasteiger partial charge in [0.1, 0.15) is 0 Å². The first kappa shape index (κ1) is 15.0. The highest BCUT2D eigenvalue weighted by Crippen LogP contribution is 2.30. The lowest BCUT2D eigenvalue weighted by molar-refractivity contribution is 0.311. The molecule has 0 saturated heterocycles. The monoisotopic (exact) mass is 269 g/mol. The lowest BCUT2D eigenvalue weighted by Crippen LogP contribution is -2.03. The summed E-state index contributed by atoms with van der Waals surface area (Å²) in [6, 6.07) is 5.96. The van der Waals surface area contributed by atoms with Crippen molar-refractivity contribution in [2.24, 2.45) is 0 Å². The van der Waals surface area contributed by atoms with Crippen LogP contribution in [0.4, 0.5) is 5.69 Å². The Hall–Kier alpha value is -1.03. The summed E-state index contributed by atoms with van der Waals surface area (Å²) in [5.74, 6) is 2.81. The van der Waals surface area contributed by atoms with E-state index in [0.29, 0.717) is 6.61 Å². The maximum atomic E-state index is 5.55. The van der Waals surface area contributed by atoms with Gasteiger partial charge in [-0.1, -0.05) is 0 Å². The third kappa shape index (κ3) is 5.08. The summed E-state index contributed by atoms with van der Waals surface area (Å²) in [5.41, 5.74) is 1.09. The van der Waals surface area contributed by atoms with Crippen molar-refractivity contribution >= 4 is 17.4 Å². The lowest BCUT2D eigenvalue weighted by Gasteiger charge is -2.12. The van der Waals surface area contributed by atoms with Gasteiger partial charge in [0.25, 0.3) is 0 Å². The van der Waals surface area contributed by atoms with Crippen LogP contribution in [0.1, 0.15) is 19.8 Å². The second kappa shape index (κ2) is 8.97. The van der Waals surface area contributed by atoms with Crippen molar-refractivity contribution in [2.75, 3.05) is 37.6 Å². The summed E-state index contributed by atoms with van der Waals surface area (Å²) in [5, 5.41) is 3.41. The Labute approximate surface area is 114 Å². The van der Waals surface area contributed by atoms with Gasteiger partial charge >= 0.3 is 0 Å². The highest BCUT2D eigenvalue weighted by molar-refractivity contribution is 7.98. The van der Waals surface area contributed by atoms with Crippen LogP contribution in [-0.4, -0.2) is 32.3 Å². The topological polar surface area (TPSA) is 30.5 Å². The fourth-order valence-corrected chi connectivity index (χ4v) is 2.15. The number of rotatable bonds is 9. The molecule has 0 heterocycles. The van der Waals surface area contributed by atoms with Gasteiger partial charge in [-0.2, -0.15) is 11.8 Å². The van der Waals surface area contributed by atoms with Crippen LogP contribution in [0.3, 0.4) is 0 Å². The largest absolute Gasteiger partial charge is 0.493 e. The highest BCUT2D eigenvalue weighted by atomic mass is 32.2. The first-order chi connectivity index (χ1) is 8.81.